The number of carbonyl (C=O) groups excluding carboxylic acids is 1. The molecule has 134 valence electrons. The molecule has 1 amide bonds. The van der Waals surface area contributed by atoms with Gasteiger partial charge in [0, 0.05) is 50.3 Å². The lowest BCUT2D eigenvalue weighted by Gasteiger charge is -2.40. The minimum Gasteiger partial charge on any atom is -0.371 e. The Morgan fingerprint density at radius 3 is 2.96 bits per heavy atom. The van der Waals surface area contributed by atoms with Gasteiger partial charge in [-0.05, 0) is 37.1 Å². The fraction of sp³-hybridized carbons (Fsp3) is 0.350. The second kappa shape index (κ2) is 6.44. The van der Waals surface area contributed by atoms with E-state index < -0.39 is 0 Å². The van der Waals surface area contributed by atoms with Crippen molar-refractivity contribution in [1.29, 1.82) is 0 Å². The molecule has 1 fully saturated rings. The first-order chi connectivity index (χ1) is 12.6. The highest BCUT2D eigenvalue weighted by atomic mass is 16.2. The van der Waals surface area contributed by atoms with Gasteiger partial charge in [-0.25, -0.2) is 4.98 Å². The van der Waals surface area contributed by atoms with Crippen molar-refractivity contribution >= 4 is 17.2 Å². The first kappa shape index (κ1) is 16.6. The summed E-state index contributed by atoms with van der Waals surface area (Å²) < 4.78 is 2.10. The molecule has 1 atom stereocenters. The molecule has 1 N–H and O–H groups in total. The summed E-state index contributed by atoms with van der Waals surface area (Å²) in [4.78, 5) is 23.7. The number of nitrogens with one attached hydrogen (secondary N) is 1. The van der Waals surface area contributed by atoms with Crippen LogP contribution in [0, 0.1) is 0 Å². The molecule has 3 aromatic rings. The topological polar surface area (TPSA) is 62.5 Å². The Labute approximate surface area is 152 Å². The van der Waals surface area contributed by atoms with Gasteiger partial charge in [-0.15, -0.1) is 0 Å². The molecule has 1 saturated heterocycles. The molecule has 4 rings (SSSR count). The van der Waals surface area contributed by atoms with Crippen LogP contribution in [0.2, 0.25) is 0 Å². The second-order valence-corrected chi connectivity index (χ2v) is 7.16. The zero-order valence-corrected chi connectivity index (χ0v) is 15.1. The average molecular weight is 349 g/mol. The smallest absolute Gasteiger partial charge is 0.255 e. The lowest BCUT2D eigenvalue weighted by Crippen LogP contribution is -2.47. The fourth-order valence-corrected chi connectivity index (χ4v) is 3.81. The summed E-state index contributed by atoms with van der Waals surface area (Å²) in [6, 6.07) is 7.69. The minimum atomic E-state index is -0.180. The number of carbonyl (C=O) groups is 1. The van der Waals surface area contributed by atoms with E-state index in [9.17, 15) is 4.79 Å². The summed E-state index contributed by atoms with van der Waals surface area (Å²) in [6.07, 6.45) is 9.42. The maximum absolute atomic E-state index is 12.9. The Kier molecular flexibility index (Phi) is 4.11. The van der Waals surface area contributed by atoms with Gasteiger partial charge >= 0.3 is 0 Å². The van der Waals surface area contributed by atoms with Crippen molar-refractivity contribution in [2.24, 2.45) is 0 Å². The van der Waals surface area contributed by atoms with Crippen LogP contribution in [0.5, 0.6) is 0 Å². The maximum Gasteiger partial charge on any atom is 0.255 e. The highest BCUT2D eigenvalue weighted by Gasteiger charge is 2.36. The van der Waals surface area contributed by atoms with Gasteiger partial charge in [0.1, 0.15) is 5.82 Å². The van der Waals surface area contributed by atoms with Crippen LogP contribution in [0.4, 0.5) is 5.82 Å². The number of piperidine rings is 1. The Bertz CT molecular complexity index is 936. The van der Waals surface area contributed by atoms with E-state index in [4.69, 9.17) is 4.98 Å². The van der Waals surface area contributed by atoms with Gasteiger partial charge in [0.05, 0.1) is 16.8 Å². The molecule has 1 aliphatic rings. The van der Waals surface area contributed by atoms with Gasteiger partial charge in [0.15, 0.2) is 0 Å². The summed E-state index contributed by atoms with van der Waals surface area (Å²) in [5.74, 6) is 0.907. The summed E-state index contributed by atoms with van der Waals surface area (Å²) in [5.41, 5.74) is 2.52. The second-order valence-electron chi connectivity index (χ2n) is 7.16. The molecule has 0 spiro atoms. The molecule has 6 heteroatoms. The minimum absolute atomic E-state index is 0.0416. The Morgan fingerprint density at radius 1 is 1.31 bits per heavy atom. The molecular formula is C20H23N5O. The van der Waals surface area contributed by atoms with Crippen molar-refractivity contribution < 1.29 is 4.79 Å². The van der Waals surface area contributed by atoms with Crippen LogP contribution in [0.1, 0.15) is 35.8 Å². The Morgan fingerprint density at radius 2 is 2.19 bits per heavy atom. The van der Waals surface area contributed by atoms with E-state index in [1.54, 1.807) is 18.5 Å². The van der Waals surface area contributed by atoms with Crippen molar-refractivity contribution in [1.82, 2.24) is 19.3 Å². The SMILES string of the molecule is CNc1nc(C2(C)CCCN(C(=O)c3cccnc3)C2)cn2cccc12. The maximum atomic E-state index is 12.9. The molecule has 0 aliphatic carbocycles. The van der Waals surface area contributed by atoms with E-state index in [1.165, 1.54) is 0 Å². The first-order valence-electron chi connectivity index (χ1n) is 8.96. The third-order valence-electron chi connectivity index (χ3n) is 5.26. The third kappa shape index (κ3) is 2.81. The quantitative estimate of drug-likeness (QED) is 0.790. The summed E-state index contributed by atoms with van der Waals surface area (Å²) in [7, 11) is 1.89. The zero-order valence-electron chi connectivity index (χ0n) is 15.1. The van der Waals surface area contributed by atoms with Crippen LogP contribution < -0.4 is 5.32 Å². The molecule has 0 bridgehead atoms. The number of nitrogens with zero attached hydrogens (tertiary/aromatic N) is 4. The Balaban J connectivity index is 1.66. The lowest BCUT2D eigenvalue weighted by molar-refractivity contribution is 0.0647. The van der Waals surface area contributed by atoms with E-state index >= 15 is 0 Å². The molecule has 0 aromatic carbocycles. The van der Waals surface area contributed by atoms with Crippen LogP contribution in [-0.4, -0.2) is 45.3 Å². The van der Waals surface area contributed by atoms with Crippen LogP contribution in [0.25, 0.3) is 5.52 Å². The van der Waals surface area contributed by atoms with E-state index in [0.29, 0.717) is 12.1 Å². The van der Waals surface area contributed by atoms with Crippen molar-refractivity contribution in [3.8, 4) is 0 Å². The monoisotopic (exact) mass is 349 g/mol. The molecular weight excluding hydrogens is 326 g/mol. The number of aromatic nitrogens is 3. The number of hydrogen-bond donors (Lipinski definition) is 1. The fourth-order valence-electron chi connectivity index (χ4n) is 3.81. The van der Waals surface area contributed by atoms with Crippen molar-refractivity contribution in [3.05, 3.63) is 60.3 Å². The van der Waals surface area contributed by atoms with Crippen LogP contribution >= 0.6 is 0 Å². The van der Waals surface area contributed by atoms with E-state index in [-0.39, 0.29) is 11.3 Å². The average Bonchev–Trinajstić information content (AvgIpc) is 3.16. The van der Waals surface area contributed by atoms with Gasteiger partial charge in [0.2, 0.25) is 0 Å². The van der Waals surface area contributed by atoms with Gasteiger partial charge < -0.3 is 14.6 Å². The van der Waals surface area contributed by atoms with Crippen LogP contribution in [0.15, 0.2) is 49.1 Å². The number of likely N-dealkylation sites (tertiary alicyclic amines) is 1. The van der Waals surface area contributed by atoms with Gasteiger partial charge in [-0.3, -0.25) is 9.78 Å². The molecule has 26 heavy (non-hydrogen) atoms. The lowest BCUT2D eigenvalue weighted by atomic mass is 9.79. The zero-order chi connectivity index (χ0) is 18.1. The first-order valence-corrected chi connectivity index (χ1v) is 8.96. The molecule has 4 heterocycles. The standard InChI is InChI=1S/C20H23N5O/c1-20(17-13-24-10-4-7-16(24)18(21-2)23-17)8-5-11-25(14-20)19(26)15-6-3-9-22-12-15/h3-4,6-7,9-10,12-13H,5,8,11,14H2,1-2H3,(H,21,23). The normalized spacial score (nSPS) is 20.3. The summed E-state index contributed by atoms with van der Waals surface area (Å²) in [5, 5.41) is 3.19. The molecule has 0 radical (unpaired) electrons. The van der Waals surface area contributed by atoms with Crippen LogP contribution in [0.3, 0.4) is 0 Å². The predicted octanol–water partition coefficient (Wildman–Crippen LogP) is 2.96. The highest BCUT2D eigenvalue weighted by molar-refractivity contribution is 5.94. The predicted molar refractivity (Wildman–Crippen MR) is 101 cm³/mol. The number of pyridine rings is 1. The van der Waals surface area contributed by atoms with Gasteiger partial charge in [-0.2, -0.15) is 0 Å². The van der Waals surface area contributed by atoms with Crippen LogP contribution in [-0.2, 0) is 5.41 Å². The number of rotatable bonds is 3. The van der Waals surface area contributed by atoms with Crippen molar-refractivity contribution in [2.45, 2.75) is 25.2 Å². The molecule has 0 saturated carbocycles. The molecule has 3 aromatic heterocycles. The van der Waals surface area contributed by atoms with Gasteiger partial charge in [-0.1, -0.05) is 6.92 Å². The van der Waals surface area contributed by atoms with Crippen molar-refractivity contribution in [2.75, 3.05) is 25.5 Å². The summed E-state index contributed by atoms with van der Waals surface area (Å²) in [6.45, 7) is 3.63. The number of anilines is 1. The molecule has 1 aliphatic heterocycles. The van der Waals surface area contributed by atoms with Crippen molar-refractivity contribution in [3.63, 3.8) is 0 Å². The highest BCUT2D eigenvalue weighted by Crippen LogP contribution is 2.34. The summed E-state index contributed by atoms with van der Waals surface area (Å²) >= 11 is 0. The Hall–Kier alpha value is -2.89. The van der Waals surface area contributed by atoms with E-state index in [1.807, 2.05) is 36.3 Å². The molecule has 1 unspecified atom stereocenters. The number of hydrogen-bond acceptors (Lipinski definition) is 4. The number of fused-ring (bicyclic) bond motifs is 1. The van der Waals surface area contributed by atoms with E-state index in [2.05, 4.69) is 27.8 Å². The molecule has 6 nitrogen and oxygen atoms in total. The third-order valence-corrected chi connectivity index (χ3v) is 5.26. The number of amides is 1. The van der Waals surface area contributed by atoms with E-state index in [0.717, 1.165) is 36.4 Å². The largest absolute Gasteiger partial charge is 0.371 e. The van der Waals surface area contributed by atoms with Gasteiger partial charge in [0.25, 0.3) is 5.91 Å².